The van der Waals surface area contributed by atoms with Crippen molar-refractivity contribution in [2.75, 3.05) is 36.9 Å². The summed E-state index contributed by atoms with van der Waals surface area (Å²) < 4.78 is 5.40. The summed E-state index contributed by atoms with van der Waals surface area (Å²) in [6, 6.07) is 8.47. The quantitative estimate of drug-likeness (QED) is 0.910. The summed E-state index contributed by atoms with van der Waals surface area (Å²) in [4.78, 5) is 7.11. The molecule has 1 aromatic carbocycles. The smallest absolute Gasteiger partial charge is 0.0727 e. The Balaban J connectivity index is 1.74. The van der Waals surface area contributed by atoms with Crippen LogP contribution >= 0.6 is 0 Å². The maximum Gasteiger partial charge on any atom is 0.0727 e. The number of benzene rings is 1. The molecule has 1 aliphatic carbocycles. The summed E-state index contributed by atoms with van der Waals surface area (Å²) in [5, 5.41) is 1.07. The summed E-state index contributed by atoms with van der Waals surface area (Å²) in [6.07, 6.45) is 2.51. The Hall–Kier alpha value is -1.81. The number of pyridine rings is 1. The molecule has 0 amide bonds. The van der Waals surface area contributed by atoms with E-state index >= 15 is 0 Å². The Morgan fingerprint density at radius 2 is 1.95 bits per heavy atom. The molecule has 4 rings (SSSR count). The first-order chi connectivity index (χ1) is 9.81. The van der Waals surface area contributed by atoms with Crippen LogP contribution in [0.5, 0.6) is 0 Å². The zero-order chi connectivity index (χ0) is 13.5. The molecule has 0 atom stereocenters. The Bertz CT molecular complexity index is 645. The molecule has 0 radical (unpaired) electrons. The fraction of sp³-hybridized carbons (Fsp3) is 0.438. The molecule has 0 bridgehead atoms. The van der Waals surface area contributed by atoms with Crippen molar-refractivity contribution in [3.05, 3.63) is 30.0 Å². The van der Waals surface area contributed by atoms with Crippen LogP contribution in [0.25, 0.3) is 10.9 Å². The number of nitrogens with zero attached hydrogens (tertiary/aromatic N) is 2. The average molecular weight is 269 g/mol. The number of nitrogens with two attached hydrogens (primary N) is 1. The first-order valence-corrected chi connectivity index (χ1v) is 7.34. The highest BCUT2D eigenvalue weighted by Gasteiger charge is 2.25. The summed E-state index contributed by atoms with van der Waals surface area (Å²) in [5.41, 5.74) is 10.5. The van der Waals surface area contributed by atoms with E-state index < -0.39 is 0 Å². The Morgan fingerprint density at radius 1 is 1.15 bits per heavy atom. The van der Waals surface area contributed by atoms with Gasteiger partial charge in [0.1, 0.15) is 0 Å². The number of ether oxygens (including phenoxy) is 1. The van der Waals surface area contributed by atoms with Gasteiger partial charge in [-0.1, -0.05) is 0 Å². The number of hydrogen-bond donors (Lipinski definition) is 1. The van der Waals surface area contributed by atoms with E-state index in [2.05, 4.69) is 29.2 Å². The van der Waals surface area contributed by atoms with Gasteiger partial charge in [-0.15, -0.1) is 0 Å². The van der Waals surface area contributed by atoms with Crippen molar-refractivity contribution in [1.82, 2.24) is 4.98 Å². The largest absolute Gasteiger partial charge is 0.398 e. The summed E-state index contributed by atoms with van der Waals surface area (Å²) >= 11 is 0. The minimum absolute atomic E-state index is 0.639. The maximum absolute atomic E-state index is 6.24. The molecule has 1 saturated heterocycles. The Labute approximate surface area is 118 Å². The second-order valence-corrected chi connectivity index (χ2v) is 5.71. The van der Waals surface area contributed by atoms with Crippen LogP contribution in [0, 0.1) is 0 Å². The molecule has 2 aromatic rings. The van der Waals surface area contributed by atoms with Gasteiger partial charge in [-0.25, -0.2) is 0 Å². The van der Waals surface area contributed by atoms with E-state index in [-0.39, 0.29) is 0 Å². The SMILES string of the molecule is Nc1cc(C2CC2)nc2ccc(N3CCOCC3)cc12. The van der Waals surface area contributed by atoms with Crippen LogP contribution in [-0.2, 0) is 4.74 Å². The van der Waals surface area contributed by atoms with Gasteiger partial charge in [0, 0.05) is 41.5 Å². The number of hydrogen-bond acceptors (Lipinski definition) is 4. The lowest BCUT2D eigenvalue weighted by Gasteiger charge is -2.29. The summed E-state index contributed by atoms with van der Waals surface area (Å²) in [7, 11) is 0. The van der Waals surface area contributed by atoms with Crippen molar-refractivity contribution in [1.29, 1.82) is 0 Å². The van der Waals surface area contributed by atoms with Crippen molar-refractivity contribution in [3.63, 3.8) is 0 Å². The van der Waals surface area contributed by atoms with Gasteiger partial charge in [-0.2, -0.15) is 0 Å². The Morgan fingerprint density at radius 3 is 2.70 bits per heavy atom. The fourth-order valence-corrected chi connectivity index (χ4v) is 2.87. The molecule has 2 heterocycles. The number of aromatic nitrogens is 1. The first-order valence-electron chi connectivity index (χ1n) is 7.34. The number of rotatable bonds is 2. The third-order valence-corrected chi connectivity index (χ3v) is 4.22. The second kappa shape index (κ2) is 4.63. The van der Waals surface area contributed by atoms with E-state index in [1.165, 1.54) is 18.5 Å². The van der Waals surface area contributed by atoms with Crippen LogP contribution < -0.4 is 10.6 Å². The highest BCUT2D eigenvalue weighted by Crippen LogP contribution is 2.41. The van der Waals surface area contributed by atoms with E-state index in [9.17, 15) is 0 Å². The molecular formula is C16H19N3O. The minimum atomic E-state index is 0.639. The second-order valence-electron chi connectivity index (χ2n) is 5.71. The lowest BCUT2D eigenvalue weighted by molar-refractivity contribution is 0.122. The van der Waals surface area contributed by atoms with Gasteiger partial charge >= 0.3 is 0 Å². The van der Waals surface area contributed by atoms with Gasteiger partial charge in [-0.3, -0.25) is 4.98 Å². The third kappa shape index (κ3) is 2.10. The molecule has 4 nitrogen and oxygen atoms in total. The fourth-order valence-electron chi connectivity index (χ4n) is 2.87. The van der Waals surface area contributed by atoms with Gasteiger partial charge in [0.15, 0.2) is 0 Å². The number of nitrogen functional groups attached to an aromatic ring is 1. The first kappa shape index (κ1) is 12.0. The highest BCUT2D eigenvalue weighted by molar-refractivity contribution is 5.93. The molecule has 4 heteroatoms. The molecule has 1 aromatic heterocycles. The van der Waals surface area contributed by atoms with Crippen LogP contribution in [0.3, 0.4) is 0 Å². The molecule has 2 fully saturated rings. The van der Waals surface area contributed by atoms with E-state index in [0.717, 1.165) is 48.6 Å². The minimum Gasteiger partial charge on any atom is -0.398 e. The monoisotopic (exact) mass is 269 g/mol. The maximum atomic E-state index is 6.24. The third-order valence-electron chi connectivity index (χ3n) is 4.22. The molecule has 0 unspecified atom stereocenters. The predicted octanol–water partition coefficient (Wildman–Crippen LogP) is 2.53. The topological polar surface area (TPSA) is 51.4 Å². The van der Waals surface area contributed by atoms with Crippen LogP contribution in [0.15, 0.2) is 24.3 Å². The molecule has 0 spiro atoms. The lowest BCUT2D eigenvalue weighted by atomic mass is 10.1. The van der Waals surface area contributed by atoms with Crippen LogP contribution in [0.1, 0.15) is 24.5 Å². The summed E-state index contributed by atoms with van der Waals surface area (Å²) in [5.74, 6) is 0.639. The molecule has 2 N–H and O–H groups in total. The van der Waals surface area contributed by atoms with Crippen molar-refractivity contribution in [2.45, 2.75) is 18.8 Å². The van der Waals surface area contributed by atoms with Gasteiger partial charge < -0.3 is 15.4 Å². The number of anilines is 2. The molecule has 1 aliphatic heterocycles. The van der Waals surface area contributed by atoms with Crippen molar-refractivity contribution >= 4 is 22.3 Å². The van der Waals surface area contributed by atoms with E-state index in [0.29, 0.717) is 5.92 Å². The zero-order valence-corrected chi connectivity index (χ0v) is 11.5. The normalized spacial score (nSPS) is 19.5. The van der Waals surface area contributed by atoms with E-state index in [4.69, 9.17) is 15.5 Å². The number of morpholine rings is 1. The van der Waals surface area contributed by atoms with Gasteiger partial charge in [-0.05, 0) is 37.1 Å². The molecule has 2 aliphatic rings. The predicted molar refractivity (Wildman–Crippen MR) is 81.2 cm³/mol. The molecule has 1 saturated carbocycles. The van der Waals surface area contributed by atoms with Gasteiger partial charge in [0.05, 0.1) is 18.7 Å². The van der Waals surface area contributed by atoms with E-state index in [1.807, 2.05) is 0 Å². The van der Waals surface area contributed by atoms with Crippen molar-refractivity contribution < 1.29 is 4.74 Å². The Kier molecular flexibility index (Phi) is 2.77. The van der Waals surface area contributed by atoms with Crippen molar-refractivity contribution in [2.24, 2.45) is 0 Å². The van der Waals surface area contributed by atoms with Gasteiger partial charge in [0.2, 0.25) is 0 Å². The van der Waals surface area contributed by atoms with Crippen molar-refractivity contribution in [3.8, 4) is 0 Å². The van der Waals surface area contributed by atoms with Crippen LogP contribution in [0.2, 0.25) is 0 Å². The number of fused-ring (bicyclic) bond motifs is 1. The molecule has 20 heavy (non-hydrogen) atoms. The highest BCUT2D eigenvalue weighted by atomic mass is 16.5. The molecular weight excluding hydrogens is 250 g/mol. The average Bonchev–Trinajstić information content (AvgIpc) is 3.32. The molecule has 104 valence electrons. The van der Waals surface area contributed by atoms with Gasteiger partial charge in [0.25, 0.3) is 0 Å². The van der Waals surface area contributed by atoms with Crippen LogP contribution in [0.4, 0.5) is 11.4 Å². The van der Waals surface area contributed by atoms with Crippen LogP contribution in [-0.4, -0.2) is 31.3 Å². The zero-order valence-electron chi connectivity index (χ0n) is 11.5. The lowest BCUT2D eigenvalue weighted by Crippen LogP contribution is -2.36. The standard InChI is InChI=1S/C16H19N3O/c17-14-10-16(11-1-2-11)18-15-4-3-12(9-13(14)15)19-5-7-20-8-6-19/h3-4,9-11H,1-2,5-8H2,(H2,17,18). The summed E-state index contributed by atoms with van der Waals surface area (Å²) in [6.45, 7) is 3.48. The van der Waals surface area contributed by atoms with E-state index in [1.54, 1.807) is 0 Å².